The lowest BCUT2D eigenvalue weighted by atomic mass is 9.91. The third kappa shape index (κ3) is 4.46. The Kier molecular flexibility index (Phi) is 7.15. The first-order chi connectivity index (χ1) is 15.3. The van der Waals surface area contributed by atoms with Gasteiger partial charge in [0, 0.05) is 17.6 Å². The molecule has 32 heavy (non-hydrogen) atoms. The van der Waals surface area contributed by atoms with Crippen molar-refractivity contribution in [2.45, 2.75) is 26.3 Å². The minimum Gasteiger partial charge on any atom is -0.497 e. The molecule has 0 spiro atoms. The third-order valence-corrected chi connectivity index (χ3v) is 5.70. The number of carbonyl (C=O) groups is 2. The predicted molar refractivity (Wildman–Crippen MR) is 127 cm³/mol. The molecule has 0 radical (unpaired) electrons. The minimum absolute atomic E-state index is 0.300. The molecule has 1 N–H and O–H groups in total. The van der Waals surface area contributed by atoms with Crippen LogP contribution >= 0.6 is 11.6 Å². The number of benzene rings is 2. The first-order valence-electron chi connectivity index (χ1n) is 10.1. The highest BCUT2D eigenvalue weighted by Gasteiger charge is 2.46. The monoisotopic (exact) mass is 451 g/mol. The molecule has 1 aromatic heterocycles. The lowest BCUT2D eigenvalue weighted by Crippen LogP contribution is -2.56. The van der Waals surface area contributed by atoms with E-state index in [-0.39, 0.29) is 5.88 Å². The van der Waals surface area contributed by atoms with Crippen LogP contribution in [0, 0.1) is 13.8 Å². The van der Waals surface area contributed by atoms with Crippen molar-refractivity contribution in [3.63, 3.8) is 0 Å². The molecule has 0 aliphatic carbocycles. The number of para-hydroxylation sites is 1. The number of pyridine rings is 1. The Labute approximate surface area is 193 Å². The second kappa shape index (κ2) is 9.83. The van der Waals surface area contributed by atoms with Crippen LogP contribution in [0.15, 0.2) is 66.9 Å². The molecule has 7 heteroatoms. The summed E-state index contributed by atoms with van der Waals surface area (Å²) in [4.78, 5) is 32.8. The number of hydrogen-bond donors (Lipinski definition) is 1. The fourth-order valence-corrected chi connectivity index (χ4v) is 3.79. The first-order valence-corrected chi connectivity index (χ1v) is 10.7. The lowest BCUT2D eigenvalue weighted by molar-refractivity contribution is -0.126. The van der Waals surface area contributed by atoms with E-state index in [9.17, 15) is 9.59 Å². The zero-order valence-corrected chi connectivity index (χ0v) is 19.3. The molecule has 2 aromatic carbocycles. The lowest BCUT2D eigenvalue weighted by Gasteiger charge is -2.39. The molecule has 2 amide bonds. The summed E-state index contributed by atoms with van der Waals surface area (Å²) in [5.74, 6) is -0.499. The fourth-order valence-electron chi connectivity index (χ4n) is 3.67. The van der Waals surface area contributed by atoms with Gasteiger partial charge in [-0.3, -0.25) is 19.5 Å². The van der Waals surface area contributed by atoms with Gasteiger partial charge in [-0.15, -0.1) is 11.6 Å². The molecule has 1 atom stereocenters. The van der Waals surface area contributed by atoms with E-state index >= 15 is 0 Å². The zero-order chi connectivity index (χ0) is 23.3. The molecule has 1 heterocycles. The summed E-state index contributed by atoms with van der Waals surface area (Å²) in [7, 11) is 1.56. The van der Waals surface area contributed by atoms with Gasteiger partial charge in [0.25, 0.3) is 5.91 Å². The summed E-state index contributed by atoms with van der Waals surface area (Å²) >= 11 is 6.00. The van der Waals surface area contributed by atoms with Crippen molar-refractivity contribution in [3.8, 4) is 5.75 Å². The summed E-state index contributed by atoms with van der Waals surface area (Å²) in [6.07, 6.45) is 1.59. The van der Waals surface area contributed by atoms with Crippen LogP contribution in [0.2, 0.25) is 0 Å². The normalized spacial score (nSPS) is 12.5. The van der Waals surface area contributed by atoms with Gasteiger partial charge < -0.3 is 10.1 Å². The third-order valence-electron chi connectivity index (χ3n) is 5.47. The van der Waals surface area contributed by atoms with Crippen LogP contribution in [0.3, 0.4) is 0 Å². The number of nitrogens with zero attached hydrogens (tertiary/aromatic N) is 2. The average Bonchev–Trinajstić information content (AvgIpc) is 2.82. The quantitative estimate of drug-likeness (QED) is 0.522. The highest BCUT2D eigenvalue weighted by atomic mass is 35.5. The summed E-state index contributed by atoms with van der Waals surface area (Å²) in [6, 6.07) is 17.9. The van der Waals surface area contributed by atoms with Gasteiger partial charge in [0.1, 0.15) is 11.6 Å². The molecule has 0 fully saturated rings. The zero-order valence-electron chi connectivity index (χ0n) is 18.6. The van der Waals surface area contributed by atoms with Gasteiger partial charge in [-0.1, -0.05) is 24.3 Å². The van der Waals surface area contributed by atoms with Gasteiger partial charge in [-0.05, 0) is 68.3 Å². The maximum Gasteiger partial charge on any atom is 0.256 e. The molecule has 166 valence electrons. The number of methoxy groups -OCH3 is 1. The molecule has 3 rings (SSSR count). The summed E-state index contributed by atoms with van der Waals surface area (Å²) < 4.78 is 5.24. The Bertz CT molecular complexity index is 1080. The van der Waals surface area contributed by atoms with Crippen molar-refractivity contribution >= 4 is 34.8 Å². The largest absolute Gasteiger partial charge is 0.497 e. The number of aromatic nitrogens is 1. The molecule has 0 aliphatic rings. The molecule has 0 saturated carbocycles. The number of halogens is 1. The Morgan fingerprint density at radius 1 is 1.03 bits per heavy atom. The number of alkyl halides is 1. The van der Waals surface area contributed by atoms with Crippen molar-refractivity contribution in [1.82, 2.24) is 4.98 Å². The maximum absolute atomic E-state index is 13.9. The summed E-state index contributed by atoms with van der Waals surface area (Å²) in [5.41, 5.74) is 1.98. The van der Waals surface area contributed by atoms with E-state index < -0.39 is 17.4 Å². The van der Waals surface area contributed by atoms with Gasteiger partial charge in [0.2, 0.25) is 5.91 Å². The minimum atomic E-state index is -1.48. The molecular formula is C25H26ClN3O3. The van der Waals surface area contributed by atoms with Crippen molar-refractivity contribution in [2.75, 3.05) is 23.2 Å². The number of carbonyl (C=O) groups excluding carboxylic acids is 2. The van der Waals surface area contributed by atoms with Gasteiger partial charge in [0.15, 0.2) is 5.54 Å². The topological polar surface area (TPSA) is 71.5 Å². The number of rotatable bonds is 7. The number of nitrogens with one attached hydrogen (secondary N) is 1. The van der Waals surface area contributed by atoms with Gasteiger partial charge in [-0.25, -0.2) is 0 Å². The van der Waals surface area contributed by atoms with Gasteiger partial charge in [0.05, 0.1) is 12.8 Å². The van der Waals surface area contributed by atoms with Crippen LogP contribution in [0.1, 0.15) is 23.7 Å². The predicted octanol–water partition coefficient (Wildman–Crippen LogP) is 4.83. The second-order valence-electron chi connectivity index (χ2n) is 7.57. The Morgan fingerprint density at radius 2 is 1.69 bits per heavy atom. The van der Waals surface area contributed by atoms with Gasteiger partial charge >= 0.3 is 0 Å². The summed E-state index contributed by atoms with van der Waals surface area (Å²) in [6.45, 7) is 5.52. The standard InChI is InChI=1S/C25H26ClN3O3/c1-17-8-7-9-18(2)23(17)28-24(31)25(3,21-10-5-6-15-27-21)29(22(30)16-26)19-11-13-20(32-4)14-12-19/h5-15H,16H2,1-4H3,(H,28,31)/t25-/m1/s1. The van der Waals surface area contributed by atoms with Crippen molar-refractivity contribution in [1.29, 1.82) is 0 Å². The smallest absolute Gasteiger partial charge is 0.256 e. The Balaban J connectivity index is 2.18. The van der Waals surface area contributed by atoms with Crippen molar-refractivity contribution in [2.24, 2.45) is 0 Å². The van der Waals surface area contributed by atoms with Crippen molar-refractivity contribution in [3.05, 3.63) is 83.7 Å². The van der Waals surface area contributed by atoms with Crippen LogP contribution in [-0.4, -0.2) is 29.8 Å². The molecule has 0 aliphatic heterocycles. The molecule has 6 nitrogen and oxygen atoms in total. The van der Waals surface area contributed by atoms with E-state index in [0.717, 1.165) is 11.1 Å². The molecule has 0 bridgehead atoms. The second-order valence-corrected chi connectivity index (χ2v) is 7.84. The van der Waals surface area contributed by atoms with Crippen LogP contribution < -0.4 is 15.0 Å². The highest BCUT2D eigenvalue weighted by Crippen LogP contribution is 2.35. The van der Waals surface area contributed by atoms with Crippen LogP contribution in [0.5, 0.6) is 5.75 Å². The number of aryl methyl sites for hydroxylation is 2. The van der Waals surface area contributed by atoms with E-state index in [4.69, 9.17) is 16.3 Å². The number of hydrogen-bond acceptors (Lipinski definition) is 4. The average molecular weight is 452 g/mol. The van der Waals surface area contributed by atoms with Crippen LogP contribution in [0.25, 0.3) is 0 Å². The number of amides is 2. The van der Waals surface area contributed by atoms with E-state index in [1.54, 1.807) is 62.7 Å². The molecule has 0 saturated heterocycles. The number of ether oxygens (including phenoxy) is 1. The van der Waals surface area contributed by atoms with E-state index in [1.807, 2.05) is 32.0 Å². The SMILES string of the molecule is COc1ccc(N(C(=O)CCl)[C@@](C)(C(=O)Nc2c(C)cccc2C)c2ccccn2)cc1. The highest BCUT2D eigenvalue weighted by molar-refractivity contribution is 6.30. The van der Waals surface area contributed by atoms with E-state index in [0.29, 0.717) is 22.8 Å². The van der Waals surface area contributed by atoms with E-state index in [1.165, 1.54) is 4.90 Å². The van der Waals surface area contributed by atoms with Gasteiger partial charge in [-0.2, -0.15) is 0 Å². The summed E-state index contributed by atoms with van der Waals surface area (Å²) in [5, 5.41) is 3.03. The van der Waals surface area contributed by atoms with Crippen molar-refractivity contribution < 1.29 is 14.3 Å². The Hall–Kier alpha value is -3.38. The first kappa shape index (κ1) is 23.3. The van der Waals surface area contributed by atoms with Crippen LogP contribution in [-0.2, 0) is 15.1 Å². The van der Waals surface area contributed by atoms with E-state index in [2.05, 4.69) is 10.3 Å². The molecule has 3 aromatic rings. The Morgan fingerprint density at radius 3 is 2.22 bits per heavy atom. The maximum atomic E-state index is 13.9. The number of anilines is 2. The van der Waals surface area contributed by atoms with Crippen LogP contribution in [0.4, 0.5) is 11.4 Å². The molecule has 0 unspecified atom stereocenters. The molecular weight excluding hydrogens is 426 g/mol. The fraction of sp³-hybridized carbons (Fsp3) is 0.240.